The van der Waals surface area contributed by atoms with Gasteiger partial charge in [0.05, 0.1) is 5.75 Å². The van der Waals surface area contributed by atoms with Gasteiger partial charge in [0, 0.05) is 5.69 Å². The van der Waals surface area contributed by atoms with E-state index in [0.29, 0.717) is 29.1 Å². The lowest BCUT2D eigenvalue weighted by molar-refractivity contribution is 0.535. The van der Waals surface area contributed by atoms with Crippen LogP contribution in [0.3, 0.4) is 0 Å². The highest BCUT2D eigenvalue weighted by Crippen LogP contribution is 2.20. The third kappa shape index (κ3) is 3.70. The minimum atomic E-state index is -3.17. The molecule has 19 heavy (non-hydrogen) atoms. The van der Waals surface area contributed by atoms with E-state index >= 15 is 0 Å². The molecule has 0 aliphatic heterocycles. The highest BCUT2D eigenvalue weighted by molar-refractivity contribution is 7.90. The summed E-state index contributed by atoms with van der Waals surface area (Å²) in [7, 11) is -3.17. The monoisotopic (exact) mass is 282 g/mol. The van der Waals surface area contributed by atoms with Gasteiger partial charge in [0.2, 0.25) is 5.89 Å². The molecule has 0 amide bonds. The molecule has 1 aromatic heterocycles. The number of nitrogens with zero attached hydrogens (tertiary/aromatic N) is 1. The van der Waals surface area contributed by atoms with E-state index in [9.17, 15) is 8.42 Å². The van der Waals surface area contributed by atoms with Crippen molar-refractivity contribution in [1.29, 1.82) is 0 Å². The Morgan fingerprint density at radius 3 is 2.79 bits per heavy atom. The van der Waals surface area contributed by atoms with Crippen LogP contribution in [0.5, 0.6) is 0 Å². The zero-order valence-corrected chi connectivity index (χ0v) is 11.9. The zero-order chi connectivity index (χ0) is 14.0. The van der Waals surface area contributed by atoms with Crippen molar-refractivity contribution in [2.45, 2.75) is 26.0 Å². The van der Waals surface area contributed by atoms with Crippen LogP contribution in [-0.2, 0) is 15.6 Å². The number of benzene rings is 1. The Kier molecular flexibility index (Phi) is 3.80. The summed E-state index contributed by atoms with van der Waals surface area (Å²) in [5.74, 6) is 0.586. The summed E-state index contributed by atoms with van der Waals surface area (Å²) in [6.45, 7) is 4.00. The van der Waals surface area contributed by atoms with Crippen LogP contribution >= 0.6 is 0 Å². The van der Waals surface area contributed by atoms with Gasteiger partial charge in [-0.25, -0.2) is 13.4 Å². The van der Waals surface area contributed by atoms with E-state index in [-0.39, 0.29) is 17.4 Å². The van der Waals surface area contributed by atoms with Gasteiger partial charge in [-0.05, 0) is 30.5 Å². The van der Waals surface area contributed by atoms with Gasteiger partial charge < -0.3 is 10.2 Å². The molecular formula is C13H18N2O3S. The van der Waals surface area contributed by atoms with Crippen molar-refractivity contribution in [3.63, 3.8) is 0 Å². The Morgan fingerprint density at radius 1 is 1.37 bits per heavy atom. The Labute approximate surface area is 112 Å². The molecule has 0 aliphatic carbocycles. The number of nitrogen functional groups attached to an aromatic ring is 1. The maximum absolute atomic E-state index is 11.9. The minimum absolute atomic E-state index is 0.158. The van der Waals surface area contributed by atoms with Gasteiger partial charge in [0.15, 0.2) is 15.4 Å². The maximum Gasteiger partial charge on any atom is 0.210 e. The molecule has 0 bridgehead atoms. The topological polar surface area (TPSA) is 86.2 Å². The van der Waals surface area contributed by atoms with Gasteiger partial charge in [0.1, 0.15) is 11.3 Å². The van der Waals surface area contributed by atoms with E-state index in [1.54, 1.807) is 18.2 Å². The number of nitrogens with two attached hydrogens (primary N) is 1. The number of anilines is 1. The van der Waals surface area contributed by atoms with Crippen molar-refractivity contribution in [1.82, 2.24) is 4.98 Å². The number of fused-ring (bicyclic) bond motifs is 1. The predicted molar refractivity (Wildman–Crippen MR) is 75.4 cm³/mol. The third-order valence-electron chi connectivity index (χ3n) is 2.81. The number of oxazole rings is 1. The molecule has 0 atom stereocenters. The molecule has 2 aromatic rings. The fourth-order valence-electron chi connectivity index (χ4n) is 1.73. The van der Waals surface area contributed by atoms with E-state index in [1.165, 1.54) is 0 Å². The molecule has 2 N–H and O–H groups in total. The van der Waals surface area contributed by atoms with Crippen molar-refractivity contribution in [3.05, 3.63) is 24.1 Å². The van der Waals surface area contributed by atoms with Gasteiger partial charge in [-0.1, -0.05) is 13.8 Å². The second kappa shape index (κ2) is 5.21. The summed E-state index contributed by atoms with van der Waals surface area (Å²) in [6.07, 6.45) is 0.648. The van der Waals surface area contributed by atoms with Crippen molar-refractivity contribution < 1.29 is 12.8 Å². The Morgan fingerprint density at radius 2 is 2.11 bits per heavy atom. The molecule has 1 aromatic carbocycles. The lowest BCUT2D eigenvalue weighted by Crippen LogP contribution is -2.11. The Balaban J connectivity index is 2.17. The number of rotatable bonds is 5. The molecule has 1 heterocycles. The van der Waals surface area contributed by atoms with Crippen molar-refractivity contribution in [2.75, 3.05) is 11.5 Å². The third-order valence-corrected chi connectivity index (χ3v) is 4.35. The lowest BCUT2D eigenvalue weighted by Gasteiger charge is -2.04. The predicted octanol–water partition coefficient (Wildman–Crippen LogP) is 2.37. The summed E-state index contributed by atoms with van der Waals surface area (Å²) in [6, 6.07) is 5.07. The first kappa shape index (κ1) is 13.9. The van der Waals surface area contributed by atoms with Crippen LogP contribution in [0.4, 0.5) is 5.69 Å². The highest BCUT2D eigenvalue weighted by atomic mass is 32.2. The zero-order valence-electron chi connectivity index (χ0n) is 11.1. The van der Waals surface area contributed by atoms with Crippen molar-refractivity contribution in [2.24, 2.45) is 5.92 Å². The second-order valence-electron chi connectivity index (χ2n) is 5.11. The van der Waals surface area contributed by atoms with E-state index in [0.717, 1.165) is 0 Å². The van der Waals surface area contributed by atoms with E-state index in [1.807, 2.05) is 13.8 Å². The molecule has 0 saturated heterocycles. The van der Waals surface area contributed by atoms with Crippen molar-refractivity contribution >= 4 is 26.6 Å². The summed E-state index contributed by atoms with van der Waals surface area (Å²) in [4.78, 5) is 4.16. The van der Waals surface area contributed by atoms with Crippen molar-refractivity contribution in [3.8, 4) is 0 Å². The fourth-order valence-corrected chi connectivity index (χ4v) is 3.20. The first-order valence-electron chi connectivity index (χ1n) is 6.21. The van der Waals surface area contributed by atoms with Crippen LogP contribution in [0.2, 0.25) is 0 Å². The van der Waals surface area contributed by atoms with Crippen LogP contribution in [0.25, 0.3) is 11.1 Å². The van der Waals surface area contributed by atoms with Crippen LogP contribution < -0.4 is 5.73 Å². The van der Waals surface area contributed by atoms with Gasteiger partial charge in [-0.15, -0.1) is 0 Å². The van der Waals surface area contributed by atoms with Crippen LogP contribution in [0, 0.1) is 5.92 Å². The van der Waals surface area contributed by atoms with E-state index < -0.39 is 9.84 Å². The summed E-state index contributed by atoms with van der Waals surface area (Å²) < 4.78 is 29.3. The summed E-state index contributed by atoms with van der Waals surface area (Å²) in [5, 5.41) is 0. The average Bonchev–Trinajstić information content (AvgIpc) is 2.67. The Hall–Kier alpha value is -1.56. The molecule has 6 heteroatoms. The lowest BCUT2D eigenvalue weighted by atomic mass is 10.2. The SMILES string of the molecule is CC(C)CCS(=O)(=O)Cc1nc2cc(N)ccc2o1. The normalized spacial score (nSPS) is 12.4. The molecular weight excluding hydrogens is 264 g/mol. The number of sulfone groups is 1. The molecule has 0 unspecified atom stereocenters. The molecule has 0 aliphatic rings. The first-order valence-corrected chi connectivity index (χ1v) is 8.03. The number of aromatic nitrogens is 1. The van der Waals surface area contributed by atoms with Gasteiger partial charge >= 0.3 is 0 Å². The standard InChI is InChI=1S/C13H18N2O3S/c1-9(2)5-6-19(16,17)8-13-15-11-7-10(14)3-4-12(11)18-13/h3-4,7,9H,5-6,8,14H2,1-2H3. The van der Waals surface area contributed by atoms with Crippen LogP contribution in [0.1, 0.15) is 26.2 Å². The van der Waals surface area contributed by atoms with Crippen LogP contribution in [-0.4, -0.2) is 19.2 Å². The molecule has 0 fully saturated rings. The second-order valence-corrected chi connectivity index (χ2v) is 7.29. The molecule has 5 nitrogen and oxygen atoms in total. The van der Waals surface area contributed by atoms with Crippen LogP contribution in [0.15, 0.2) is 22.6 Å². The molecule has 0 spiro atoms. The quantitative estimate of drug-likeness (QED) is 0.851. The first-order chi connectivity index (χ1) is 8.85. The summed E-state index contributed by atoms with van der Waals surface area (Å²) >= 11 is 0. The molecule has 2 rings (SSSR count). The van der Waals surface area contributed by atoms with Gasteiger partial charge in [0.25, 0.3) is 0 Å². The van der Waals surface area contributed by atoms with Gasteiger partial charge in [-0.3, -0.25) is 0 Å². The largest absolute Gasteiger partial charge is 0.440 e. The minimum Gasteiger partial charge on any atom is -0.440 e. The Bertz CT molecular complexity index is 674. The highest BCUT2D eigenvalue weighted by Gasteiger charge is 2.17. The summed E-state index contributed by atoms with van der Waals surface area (Å²) in [5.41, 5.74) is 7.37. The van der Waals surface area contributed by atoms with Gasteiger partial charge in [-0.2, -0.15) is 0 Å². The van der Waals surface area contributed by atoms with E-state index in [2.05, 4.69) is 4.98 Å². The molecule has 104 valence electrons. The molecule has 0 saturated carbocycles. The number of hydrogen-bond acceptors (Lipinski definition) is 5. The fraction of sp³-hybridized carbons (Fsp3) is 0.462. The maximum atomic E-state index is 11.9. The number of hydrogen-bond donors (Lipinski definition) is 1. The average molecular weight is 282 g/mol. The molecule has 0 radical (unpaired) electrons. The smallest absolute Gasteiger partial charge is 0.210 e. The van der Waals surface area contributed by atoms with E-state index in [4.69, 9.17) is 10.2 Å².